The molecule has 0 atom stereocenters. The van der Waals surface area contributed by atoms with E-state index in [0.717, 1.165) is 70.7 Å². The minimum absolute atomic E-state index is 0. The van der Waals surface area contributed by atoms with Gasteiger partial charge in [0.1, 0.15) is 5.75 Å². The van der Waals surface area contributed by atoms with Gasteiger partial charge in [0, 0.05) is 58.4 Å². The van der Waals surface area contributed by atoms with Gasteiger partial charge in [-0.05, 0) is 26.0 Å². The lowest BCUT2D eigenvalue weighted by Gasteiger charge is -2.42. The third-order valence-electron chi connectivity index (χ3n) is 5.76. The lowest BCUT2D eigenvalue weighted by atomic mass is 10.0. The van der Waals surface area contributed by atoms with Crippen molar-refractivity contribution in [1.29, 1.82) is 0 Å². The molecule has 0 bridgehead atoms. The summed E-state index contributed by atoms with van der Waals surface area (Å²) >= 11 is 0. The molecule has 1 aromatic rings. The first kappa shape index (κ1) is 24.0. The number of anilines is 1. The highest BCUT2D eigenvalue weighted by atomic mass is 127. The van der Waals surface area contributed by atoms with Gasteiger partial charge in [-0.1, -0.05) is 12.1 Å². The molecule has 2 aliphatic rings. The fourth-order valence-corrected chi connectivity index (χ4v) is 3.96. The topological polar surface area (TPSA) is 52.6 Å². The summed E-state index contributed by atoms with van der Waals surface area (Å²) in [6, 6.07) is 8.24. The molecule has 0 spiro atoms. The lowest BCUT2D eigenvalue weighted by Crippen LogP contribution is -2.58. The number of methoxy groups -OCH3 is 1. The number of morpholine rings is 1. The molecule has 8 heteroatoms. The van der Waals surface area contributed by atoms with Crippen molar-refractivity contribution in [2.75, 3.05) is 78.1 Å². The van der Waals surface area contributed by atoms with E-state index in [-0.39, 0.29) is 29.5 Å². The first-order valence-corrected chi connectivity index (χ1v) is 10.2. The predicted octanol–water partition coefficient (Wildman–Crippen LogP) is 2.12. The van der Waals surface area contributed by atoms with Gasteiger partial charge in [-0.3, -0.25) is 9.89 Å². The number of piperazine rings is 1. The summed E-state index contributed by atoms with van der Waals surface area (Å²) in [5.41, 5.74) is 1.24. The molecule has 1 aromatic carbocycles. The summed E-state index contributed by atoms with van der Waals surface area (Å²) in [7, 11) is 3.60. The molecule has 29 heavy (non-hydrogen) atoms. The van der Waals surface area contributed by atoms with Gasteiger partial charge in [-0.15, -0.1) is 24.0 Å². The number of benzene rings is 1. The zero-order valence-corrected chi connectivity index (χ0v) is 20.5. The first-order valence-electron chi connectivity index (χ1n) is 10.2. The predicted molar refractivity (Wildman–Crippen MR) is 130 cm³/mol. The Morgan fingerprint density at radius 2 is 1.76 bits per heavy atom. The average Bonchev–Trinajstić information content (AvgIpc) is 2.75. The quantitative estimate of drug-likeness (QED) is 0.367. The second-order valence-corrected chi connectivity index (χ2v) is 7.96. The molecule has 2 aliphatic heterocycles. The van der Waals surface area contributed by atoms with Gasteiger partial charge in [0.2, 0.25) is 0 Å². The van der Waals surface area contributed by atoms with Crippen LogP contribution in [0.2, 0.25) is 0 Å². The second kappa shape index (κ2) is 11.2. The number of hydrogen-bond acceptors (Lipinski definition) is 5. The van der Waals surface area contributed by atoms with E-state index in [2.05, 4.69) is 51.0 Å². The Bertz CT molecular complexity index is 656. The maximum absolute atomic E-state index is 5.52. The van der Waals surface area contributed by atoms with E-state index < -0.39 is 0 Å². The van der Waals surface area contributed by atoms with E-state index in [0.29, 0.717) is 0 Å². The average molecular weight is 517 g/mol. The third kappa shape index (κ3) is 6.11. The third-order valence-corrected chi connectivity index (χ3v) is 5.76. The maximum Gasteiger partial charge on any atom is 0.193 e. The molecule has 0 saturated carbocycles. The van der Waals surface area contributed by atoms with Gasteiger partial charge in [0.25, 0.3) is 0 Å². The van der Waals surface area contributed by atoms with E-state index in [1.807, 2.05) is 19.2 Å². The molecule has 0 radical (unpaired) electrons. The summed E-state index contributed by atoms with van der Waals surface area (Å²) in [5.74, 6) is 1.92. The van der Waals surface area contributed by atoms with Crippen LogP contribution in [0.15, 0.2) is 29.3 Å². The van der Waals surface area contributed by atoms with Crippen molar-refractivity contribution < 1.29 is 9.47 Å². The van der Waals surface area contributed by atoms with Crippen LogP contribution in [-0.2, 0) is 4.74 Å². The number of nitrogens with one attached hydrogen (secondary N) is 1. The van der Waals surface area contributed by atoms with Crippen molar-refractivity contribution in [2.45, 2.75) is 19.4 Å². The molecule has 0 aliphatic carbocycles. The van der Waals surface area contributed by atoms with E-state index in [1.54, 1.807) is 7.11 Å². The van der Waals surface area contributed by atoms with Crippen molar-refractivity contribution >= 4 is 35.6 Å². The number of halogens is 1. The summed E-state index contributed by atoms with van der Waals surface area (Å²) in [4.78, 5) is 11.8. The Kier molecular flexibility index (Phi) is 9.29. The molecule has 2 heterocycles. The van der Waals surface area contributed by atoms with Crippen LogP contribution < -0.4 is 15.0 Å². The minimum Gasteiger partial charge on any atom is -0.495 e. The maximum atomic E-state index is 5.52. The summed E-state index contributed by atoms with van der Waals surface area (Å²) < 4.78 is 11.0. The van der Waals surface area contributed by atoms with E-state index in [9.17, 15) is 0 Å². The molecule has 2 fully saturated rings. The van der Waals surface area contributed by atoms with Gasteiger partial charge < -0.3 is 24.6 Å². The molecule has 164 valence electrons. The Morgan fingerprint density at radius 1 is 1.10 bits per heavy atom. The molecule has 2 saturated heterocycles. The van der Waals surface area contributed by atoms with Gasteiger partial charge in [-0.25, -0.2) is 0 Å². The fourth-order valence-electron chi connectivity index (χ4n) is 3.96. The van der Waals surface area contributed by atoms with Crippen LogP contribution in [0.4, 0.5) is 5.69 Å². The lowest BCUT2D eigenvalue weighted by molar-refractivity contribution is -0.00849. The number of rotatable bonds is 5. The molecule has 1 N–H and O–H groups in total. The summed E-state index contributed by atoms with van der Waals surface area (Å²) in [5, 5.41) is 3.60. The van der Waals surface area contributed by atoms with Crippen molar-refractivity contribution in [3.05, 3.63) is 24.3 Å². The number of aliphatic imine (C=N–C) groups is 1. The summed E-state index contributed by atoms with van der Waals surface area (Å²) in [6.07, 6.45) is 0. The van der Waals surface area contributed by atoms with Gasteiger partial charge in [0.15, 0.2) is 5.96 Å². The van der Waals surface area contributed by atoms with Crippen molar-refractivity contribution in [3.63, 3.8) is 0 Å². The molecular weight excluding hydrogens is 481 g/mol. The van der Waals surface area contributed by atoms with Crippen LogP contribution in [0, 0.1) is 0 Å². The van der Waals surface area contributed by atoms with Crippen LogP contribution in [-0.4, -0.2) is 94.5 Å². The monoisotopic (exact) mass is 517 g/mol. The van der Waals surface area contributed by atoms with Crippen molar-refractivity contribution in [1.82, 2.24) is 15.1 Å². The highest BCUT2D eigenvalue weighted by molar-refractivity contribution is 14.0. The standard InChI is InChI=1S/C21H35N5O2.HI/c1-21(2,26-13-15-28-16-14-26)17-23-20(22-3)25-11-9-24(10-12-25)18-7-5-6-8-19(18)27-4;/h5-8H,9-17H2,1-4H3,(H,22,23);1H. The van der Waals surface area contributed by atoms with Crippen LogP contribution >= 0.6 is 24.0 Å². The first-order chi connectivity index (χ1) is 13.5. The van der Waals surface area contributed by atoms with E-state index in [4.69, 9.17) is 9.47 Å². The Hall–Kier alpha value is -1.26. The van der Waals surface area contributed by atoms with Crippen LogP contribution in [0.25, 0.3) is 0 Å². The molecule has 0 aromatic heterocycles. The minimum atomic E-state index is 0. The normalized spacial score (nSPS) is 19.0. The molecule has 7 nitrogen and oxygen atoms in total. The zero-order valence-electron chi connectivity index (χ0n) is 18.2. The Labute approximate surface area is 192 Å². The SMILES string of the molecule is CN=C(NCC(C)(C)N1CCOCC1)N1CCN(c2ccccc2OC)CC1.I. The van der Waals surface area contributed by atoms with Crippen LogP contribution in [0.3, 0.4) is 0 Å². The zero-order chi connectivity index (χ0) is 20.0. The van der Waals surface area contributed by atoms with Crippen LogP contribution in [0.5, 0.6) is 5.75 Å². The molecular formula is C21H36IN5O2. The highest BCUT2D eigenvalue weighted by Crippen LogP contribution is 2.28. The smallest absolute Gasteiger partial charge is 0.193 e. The van der Waals surface area contributed by atoms with Crippen LogP contribution in [0.1, 0.15) is 13.8 Å². The van der Waals surface area contributed by atoms with Crippen molar-refractivity contribution in [2.24, 2.45) is 4.99 Å². The molecule has 3 rings (SSSR count). The van der Waals surface area contributed by atoms with Gasteiger partial charge in [0.05, 0.1) is 26.0 Å². The Balaban J connectivity index is 0.00000300. The second-order valence-electron chi connectivity index (χ2n) is 7.96. The van der Waals surface area contributed by atoms with Gasteiger partial charge in [-0.2, -0.15) is 0 Å². The molecule has 0 amide bonds. The summed E-state index contributed by atoms with van der Waals surface area (Å²) in [6.45, 7) is 12.9. The Morgan fingerprint density at radius 3 is 2.38 bits per heavy atom. The molecule has 0 unspecified atom stereocenters. The highest BCUT2D eigenvalue weighted by Gasteiger charge is 2.29. The van der Waals surface area contributed by atoms with E-state index >= 15 is 0 Å². The largest absolute Gasteiger partial charge is 0.495 e. The number of hydrogen-bond donors (Lipinski definition) is 1. The fraction of sp³-hybridized carbons (Fsp3) is 0.667. The number of ether oxygens (including phenoxy) is 2. The van der Waals surface area contributed by atoms with E-state index in [1.165, 1.54) is 5.69 Å². The van der Waals surface area contributed by atoms with Crippen molar-refractivity contribution in [3.8, 4) is 5.75 Å². The number of nitrogens with zero attached hydrogens (tertiary/aromatic N) is 4. The van der Waals surface area contributed by atoms with Gasteiger partial charge >= 0.3 is 0 Å². The number of para-hydroxylation sites is 2. The number of guanidine groups is 1.